The first-order valence-corrected chi connectivity index (χ1v) is 8.61. The Bertz CT molecular complexity index is 1000. The van der Waals surface area contributed by atoms with Crippen molar-refractivity contribution >= 4 is 22.8 Å². The van der Waals surface area contributed by atoms with E-state index in [9.17, 15) is 9.59 Å². The van der Waals surface area contributed by atoms with E-state index in [1.807, 2.05) is 41.8 Å². The molecule has 2 aromatic carbocycles. The summed E-state index contributed by atoms with van der Waals surface area (Å²) in [5.74, 6) is 0.300. The van der Waals surface area contributed by atoms with Gasteiger partial charge in [-0.2, -0.15) is 0 Å². The molecule has 0 unspecified atom stereocenters. The molecule has 0 N–H and O–H groups in total. The molecule has 0 saturated heterocycles. The Morgan fingerprint density at radius 2 is 1.70 bits per heavy atom. The Hall–Kier alpha value is -3.28. The van der Waals surface area contributed by atoms with Crippen molar-refractivity contribution in [2.45, 2.75) is 20.8 Å². The van der Waals surface area contributed by atoms with Crippen LogP contribution in [-0.2, 0) is 9.53 Å². The van der Waals surface area contributed by atoms with Gasteiger partial charge < -0.3 is 18.8 Å². The Morgan fingerprint density at radius 1 is 1.04 bits per heavy atom. The highest BCUT2D eigenvalue weighted by atomic mass is 16.5. The summed E-state index contributed by atoms with van der Waals surface area (Å²) in [4.78, 5) is 23.9. The second kappa shape index (κ2) is 7.53. The summed E-state index contributed by atoms with van der Waals surface area (Å²) < 4.78 is 17.6. The molecule has 0 atom stereocenters. The van der Waals surface area contributed by atoms with Crippen LogP contribution >= 0.6 is 0 Å². The Labute approximate surface area is 157 Å². The van der Waals surface area contributed by atoms with Crippen molar-refractivity contribution < 1.29 is 23.8 Å². The quantitative estimate of drug-likeness (QED) is 0.503. The zero-order valence-electron chi connectivity index (χ0n) is 15.7. The number of ether oxygens (including phenoxy) is 3. The highest BCUT2D eigenvalue weighted by Gasteiger charge is 2.22. The summed E-state index contributed by atoms with van der Waals surface area (Å²) in [5.41, 5.74) is 2.90. The fourth-order valence-electron chi connectivity index (χ4n) is 3.15. The fraction of sp³-hybridized carbons (Fsp3) is 0.238. The number of carbonyl (C=O) groups excluding carboxylic acids is 2. The number of hydrogen-bond acceptors (Lipinski definition) is 5. The van der Waals surface area contributed by atoms with E-state index >= 15 is 0 Å². The molecule has 1 aromatic heterocycles. The SMILES string of the molecule is CCOC(=O)c1c(C)n(-c2ccc(OC)cc2)c2ccc(OC(C)=O)cc12. The molecule has 0 aliphatic carbocycles. The lowest BCUT2D eigenvalue weighted by Crippen LogP contribution is -2.07. The summed E-state index contributed by atoms with van der Waals surface area (Å²) >= 11 is 0. The van der Waals surface area contributed by atoms with E-state index in [0.717, 1.165) is 22.6 Å². The van der Waals surface area contributed by atoms with Crippen LogP contribution in [0.5, 0.6) is 11.5 Å². The Morgan fingerprint density at radius 3 is 2.30 bits per heavy atom. The van der Waals surface area contributed by atoms with Crippen molar-refractivity contribution in [2.75, 3.05) is 13.7 Å². The molecule has 0 fully saturated rings. The van der Waals surface area contributed by atoms with Crippen LogP contribution in [0.1, 0.15) is 29.9 Å². The number of esters is 2. The van der Waals surface area contributed by atoms with Crippen LogP contribution < -0.4 is 9.47 Å². The largest absolute Gasteiger partial charge is 0.497 e. The molecule has 140 valence electrons. The second-order valence-corrected chi connectivity index (χ2v) is 5.99. The summed E-state index contributed by atoms with van der Waals surface area (Å²) in [6, 6.07) is 12.8. The number of benzene rings is 2. The molecule has 6 heteroatoms. The first-order chi connectivity index (χ1) is 13.0. The zero-order chi connectivity index (χ0) is 19.6. The van der Waals surface area contributed by atoms with Gasteiger partial charge in [0.1, 0.15) is 11.5 Å². The summed E-state index contributed by atoms with van der Waals surface area (Å²) in [6.07, 6.45) is 0. The second-order valence-electron chi connectivity index (χ2n) is 5.99. The molecule has 0 aliphatic heterocycles. The van der Waals surface area contributed by atoms with E-state index in [1.165, 1.54) is 6.92 Å². The number of aromatic nitrogens is 1. The van der Waals surface area contributed by atoms with Gasteiger partial charge in [-0.1, -0.05) is 0 Å². The molecule has 0 bridgehead atoms. The predicted octanol–water partition coefficient (Wildman–Crippen LogP) is 4.05. The number of fused-ring (bicyclic) bond motifs is 1. The van der Waals surface area contributed by atoms with Gasteiger partial charge in [-0.25, -0.2) is 4.79 Å². The predicted molar refractivity (Wildman–Crippen MR) is 102 cm³/mol. The fourth-order valence-corrected chi connectivity index (χ4v) is 3.15. The van der Waals surface area contributed by atoms with Crippen LogP contribution in [0.3, 0.4) is 0 Å². The van der Waals surface area contributed by atoms with Crippen molar-refractivity contribution in [2.24, 2.45) is 0 Å². The Balaban J connectivity index is 2.24. The van der Waals surface area contributed by atoms with Crippen LogP contribution in [0.25, 0.3) is 16.6 Å². The van der Waals surface area contributed by atoms with Crippen LogP contribution in [-0.4, -0.2) is 30.2 Å². The van der Waals surface area contributed by atoms with Gasteiger partial charge in [0.15, 0.2) is 0 Å². The van der Waals surface area contributed by atoms with Crippen LogP contribution in [0.4, 0.5) is 0 Å². The van der Waals surface area contributed by atoms with Gasteiger partial charge in [-0.15, -0.1) is 0 Å². The number of methoxy groups -OCH3 is 1. The third-order valence-electron chi connectivity index (χ3n) is 4.25. The molecule has 27 heavy (non-hydrogen) atoms. The smallest absolute Gasteiger partial charge is 0.340 e. The van der Waals surface area contributed by atoms with Crippen molar-refractivity contribution in [3.63, 3.8) is 0 Å². The minimum atomic E-state index is -0.418. The molecular weight excluding hydrogens is 346 g/mol. The number of hydrogen-bond donors (Lipinski definition) is 0. The summed E-state index contributed by atoms with van der Waals surface area (Å²) in [6.45, 7) is 5.24. The van der Waals surface area contributed by atoms with Crippen LogP contribution in [0, 0.1) is 6.92 Å². The maximum Gasteiger partial charge on any atom is 0.340 e. The molecule has 1 heterocycles. The average Bonchev–Trinajstić information content (AvgIpc) is 2.92. The van der Waals surface area contributed by atoms with E-state index in [-0.39, 0.29) is 6.61 Å². The monoisotopic (exact) mass is 367 g/mol. The summed E-state index contributed by atoms with van der Waals surface area (Å²) in [5, 5.41) is 0.667. The standard InChI is InChI=1S/C21H21NO5/c1-5-26-21(24)20-13(2)22(15-6-8-16(25-4)9-7-15)19-11-10-17(12-18(19)20)27-14(3)23/h6-12H,5H2,1-4H3. The zero-order valence-corrected chi connectivity index (χ0v) is 15.7. The molecule has 3 aromatic rings. The van der Waals surface area contributed by atoms with Gasteiger partial charge >= 0.3 is 11.9 Å². The minimum absolute atomic E-state index is 0.275. The minimum Gasteiger partial charge on any atom is -0.497 e. The normalized spacial score (nSPS) is 10.7. The molecule has 0 spiro atoms. The van der Waals surface area contributed by atoms with E-state index in [1.54, 1.807) is 26.2 Å². The average molecular weight is 367 g/mol. The topological polar surface area (TPSA) is 66.8 Å². The van der Waals surface area contributed by atoms with E-state index in [2.05, 4.69) is 0 Å². The molecular formula is C21H21NO5. The van der Waals surface area contributed by atoms with Crippen molar-refractivity contribution in [1.29, 1.82) is 0 Å². The highest BCUT2D eigenvalue weighted by Crippen LogP contribution is 2.33. The number of rotatable bonds is 5. The van der Waals surface area contributed by atoms with E-state index < -0.39 is 11.9 Å². The maximum absolute atomic E-state index is 12.6. The lowest BCUT2D eigenvalue weighted by molar-refractivity contribution is -0.131. The van der Waals surface area contributed by atoms with Gasteiger partial charge in [0.2, 0.25) is 0 Å². The Kier molecular flexibility index (Phi) is 5.16. The van der Waals surface area contributed by atoms with Gasteiger partial charge in [0.05, 0.1) is 24.8 Å². The third-order valence-corrected chi connectivity index (χ3v) is 4.25. The van der Waals surface area contributed by atoms with Gasteiger partial charge in [0.25, 0.3) is 0 Å². The lowest BCUT2D eigenvalue weighted by Gasteiger charge is -2.10. The molecule has 6 nitrogen and oxygen atoms in total. The highest BCUT2D eigenvalue weighted by molar-refractivity contribution is 6.07. The lowest BCUT2D eigenvalue weighted by atomic mass is 10.1. The number of nitrogens with zero attached hydrogens (tertiary/aromatic N) is 1. The van der Waals surface area contributed by atoms with Crippen molar-refractivity contribution in [3.8, 4) is 17.2 Å². The number of carbonyl (C=O) groups is 2. The van der Waals surface area contributed by atoms with Gasteiger partial charge in [0, 0.05) is 23.7 Å². The van der Waals surface area contributed by atoms with Crippen molar-refractivity contribution in [1.82, 2.24) is 4.57 Å². The first-order valence-electron chi connectivity index (χ1n) is 8.61. The molecule has 0 radical (unpaired) electrons. The first kappa shape index (κ1) is 18.5. The van der Waals surface area contributed by atoms with E-state index in [4.69, 9.17) is 14.2 Å². The van der Waals surface area contributed by atoms with E-state index in [0.29, 0.717) is 16.7 Å². The van der Waals surface area contributed by atoms with Gasteiger partial charge in [-0.05, 0) is 56.3 Å². The van der Waals surface area contributed by atoms with Crippen LogP contribution in [0.2, 0.25) is 0 Å². The summed E-state index contributed by atoms with van der Waals surface area (Å²) in [7, 11) is 1.61. The van der Waals surface area contributed by atoms with Crippen LogP contribution in [0.15, 0.2) is 42.5 Å². The van der Waals surface area contributed by atoms with Crippen molar-refractivity contribution in [3.05, 3.63) is 53.7 Å². The molecule has 0 amide bonds. The molecule has 0 saturated carbocycles. The third kappa shape index (κ3) is 3.51. The van der Waals surface area contributed by atoms with Gasteiger partial charge in [-0.3, -0.25) is 4.79 Å². The molecule has 0 aliphatic rings. The molecule has 3 rings (SSSR count). The maximum atomic E-state index is 12.6.